The lowest BCUT2D eigenvalue weighted by atomic mass is 10.0. The van der Waals surface area contributed by atoms with E-state index >= 15 is 0 Å². The zero-order valence-corrected chi connectivity index (χ0v) is 9.20. The number of aromatic nitrogens is 1. The maximum atomic E-state index is 5.97. The maximum Gasteiger partial charge on any atom is 0.0931 e. The summed E-state index contributed by atoms with van der Waals surface area (Å²) >= 11 is 0. The van der Waals surface area contributed by atoms with Gasteiger partial charge in [-0.1, -0.05) is 19.9 Å². The van der Waals surface area contributed by atoms with Crippen molar-refractivity contribution in [2.24, 2.45) is 5.92 Å². The smallest absolute Gasteiger partial charge is 0.0931 e. The van der Waals surface area contributed by atoms with Crippen molar-refractivity contribution in [3.8, 4) is 0 Å². The Labute approximate surface area is 90.1 Å². The van der Waals surface area contributed by atoms with Crippen molar-refractivity contribution in [2.45, 2.75) is 20.3 Å². The topological polar surface area (TPSA) is 38.9 Å². The molecule has 0 saturated carbocycles. The fourth-order valence-electron chi connectivity index (χ4n) is 1.87. The molecule has 15 heavy (non-hydrogen) atoms. The second-order valence-corrected chi connectivity index (χ2v) is 4.36. The van der Waals surface area contributed by atoms with Crippen LogP contribution < -0.4 is 5.73 Å². The van der Waals surface area contributed by atoms with Gasteiger partial charge in [-0.05, 0) is 36.1 Å². The van der Waals surface area contributed by atoms with Crippen LogP contribution in [0.5, 0.6) is 0 Å². The highest BCUT2D eigenvalue weighted by molar-refractivity contribution is 5.89. The molecule has 78 valence electrons. The van der Waals surface area contributed by atoms with Gasteiger partial charge in [0, 0.05) is 11.6 Å². The van der Waals surface area contributed by atoms with Crippen LogP contribution in [0.4, 0.5) is 5.69 Å². The zero-order chi connectivity index (χ0) is 10.8. The molecule has 2 aromatic rings. The van der Waals surface area contributed by atoms with Gasteiger partial charge in [0.25, 0.3) is 0 Å². The van der Waals surface area contributed by atoms with Crippen LogP contribution in [0, 0.1) is 5.92 Å². The van der Waals surface area contributed by atoms with E-state index < -0.39 is 0 Å². The Morgan fingerprint density at radius 2 is 2.13 bits per heavy atom. The van der Waals surface area contributed by atoms with Crippen molar-refractivity contribution < 1.29 is 0 Å². The molecule has 2 rings (SSSR count). The van der Waals surface area contributed by atoms with Gasteiger partial charge in [-0.3, -0.25) is 4.98 Å². The number of pyridine rings is 1. The molecule has 1 aromatic heterocycles. The molecule has 2 nitrogen and oxygen atoms in total. The first-order valence-corrected chi connectivity index (χ1v) is 5.30. The molecule has 0 unspecified atom stereocenters. The molecular formula is C13H16N2. The SMILES string of the molecule is CC(C)Cc1cc(N)c2ncccc2c1. The summed E-state index contributed by atoms with van der Waals surface area (Å²) in [6, 6.07) is 8.22. The zero-order valence-electron chi connectivity index (χ0n) is 9.20. The molecule has 0 spiro atoms. The van der Waals surface area contributed by atoms with Crippen LogP contribution in [0.15, 0.2) is 30.5 Å². The van der Waals surface area contributed by atoms with Gasteiger partial charge in [0.1, 0.15) is 0 Å². The number of hydrogen-bond donors (Lipinski definition) is 1. The van der Waals surface area contributed by atoms with Crippen LogP contribution in [0.2, 0.25) is 0 Å². The number of nitrogen functional groups attached to an aromatic ring is 1. The van der Waals surface area contributed by atoms with E-state index in [0.29, 0.717) is 5.92 Å². The van der Waals surface area contributed by atoms with Gasteiger partial charge in [-0.2, -0.15) is 0 Å². The van der Waals surface area contributed by atoms with Crippen molar-refractivity contribution in [3.05, 3.63) is 36.0 Å². The van der Waals surface area contributed by atoms with Crippen molar-refractivity contribution in [2.75, 3.05) is 5.73 Å². The molecule has 1 aromatic carbocycles. The van der Waals surface area contributed by atoms with E-state index in [-0.39, 0.29) is 0 Å². The van der Waals surface area contributed by atoms with Crippen LogP contribution >= 0.6 is 0 Å². The molecule has 0 bridgehead atoms. The lowest BCUT2D eigenvalue weighted by Gasteiger charge is -2.08. The Balaban J connectivity index is 2.52. The fraction of sp³-hybridized carbons (Fsp3) is 0.308. The predicted octanol–water partition coefficient (Wildman–Crippen LogP) is 3.02. The van der Waals surface area contributed by atoms with Gasteiger partial charge < -0.3 is 5.73 Å². The average Bonchev–Trinajstić information content (AvgIpc) is 2.16. The summed E-state index contributed by atoms with van der Waals surface area (Å²) in [5.74, 6) is 0.651. The molecule has 0 fully saturated rings. The lowest BCUT2D eigenvalue weighted by molar-refractivity contribution is 0.648. The third kappa shape index (κ3) is 2.09. The van der Waals surface area contributed by atoms with Crippen LogP contribution in [0.1, 0.15) is 19.4 Å². The molecule has 0 radical (unpaired) electrons. The highest BCUT2D eigenvalue weighted by Gasteiger charge is 2.03. The van der Waals surface area contributed by atoms with Gasteiger partial charge in [-0.15, -0.1) is 0 Å². The minimum atomic E-state index is 0.651. The first-order chi connectivity index (χ1) is 7.16. The van der Waals surface area contributed by atoms with E-state index in [1.165, 1.54) is 5.56 Å². The molecule has 0 atom stereocenters. The van der Waals surface area contributed by atoms with E-state index in [9.17, 15) is 0 Å². The number of fused-ring (bicyclic) bond motifs is 1. The first-order valence-electron chi connectivity index (χ1n) is 5.30. The maximum absolute atomic E-state index is 5.97. The average molecular weight is 200 g/mol. The van der Waals surface area contributed by atoms with Crippen molar-refractivity contribution in [1.29, 1.82) is 0 Å². The molecule has 0 amide bonds. The number of nitrogens with two attached hydrogens (primary N) is 1. The second-order valence-electron chi connectivity index (χ2n) is 4.36. The monoisotopic (exact) mass is 200 g/mol. The molecule has 0 saturated heterocycles. The third-order valence-corrected chi connectivity index (χ3v) is 2.44. The molecule has 0 aliphatic carbocycles. The summed E-state index contributed by atoms with van der Waals surface area (Å²) in [5, 5.41) is 1.13. The molecule has 2 heteroatoms. The molecular weight excluding hydrogens is 184 g/mol. The third-order valence-electron chi connectivity index (χ3n) is 2.44. The van der Waals surface area contributed by atoms with Crippen molar-refractivity contribution in [3.63, 3.8) is 0 Å². The van der Waals surface area contributed by atoms with Gasteiger partial charge in [0.15, 0.2) is 0 Å². The summed E-state index contributed by atoms with van der Waals surface area (Å²) in [5.41, 5.74) is 8.95. The van der Waals surface area contributed by atoms with Crippen LogP contribution in [-0.2, 0) is 6.42 Å². The quantitative estimate of drug-likeness (QED) is 0.757. The van der Waals surface area contributed by atoms with E-state index in [1.54, 1.807) is 6.20 Å². The Morgan fingerprint density at radius 1 is 1.33 bits per heavy atom. The summed E-state index contributed by atoms with van der Waals surface area (Å²) in [7, 11) is 0. The predicted molar refractivity (Wildman–Crippen MR) is 64.7 cm³/mol. The number of nitrogens with zero attached hydrogens (tertiary/aromatic N) is 1. The summed E-state index contributed by atoms with van der Waals surface area (Å²) in [6.07, 6.45) is 2.84. The minimum absolute atomic E-state index is 0.651. The van der Waals surface area contributed by atoms with Crippen LogP contribution in [0.3, 0.4) is 0 Å². The first kappa shape index (κ1) is 9.97. The Bertz CT molecular complexity index is 475. The molecule has 1 heterocycles. The van der Waals surface area contributed by atoms with Gasteiger partial charge >= 0.3 is 0 Å². The van der Waals surface area contributed by atoms with E-state index in [4.69, 9.17) is 5.73 Å². The minimum Gasteiger partial charge on any atom is -0.397 e. The standard InChI is InChI=1S/C13H16N2/c1-9(2)6-10-7-11-4-3-5-15-13(11)12(14)8-10/h3-5,7-9H,6,14H2,1-2H3. The molecule has 0 aliphatic rings. The second kappa shape index (κ2) is 3.89. The van der Waals surface area contributed by atoms with Gasteiger partial charge in [-0.25, -0.2) is 0 Å². The largest absolute Gasteiger partial charge is 0.397 e. The van der Waals surface area contributed by atoms with Crippen molar-refractivity contribution >= 4 is 16.6 Å². The normalized spacial score (nSPS) is 11.1. The van der Waals surface area contributed by atoms with E-state index in [2.05, 4.69) is 31.0 Å². The van der Waals surface area contributed by atoms with Gasteiger partial charge in [0.2, 0.25) is 0 Å². The number of benzene rings is 1. The number of rotatable bonds is 2. The van der Waals surface area contributed by atoms with E-state index in [0.717, 1.165) is 23.0 Å². The molecule has 0 aliphatic heterocycles. The Hall–Kier alpha value is -1.57. The summed E-state index contributed by atoms with van der Waals surface area (Å²) in [6.45, 7) is 4.42. The van der Waals surface area contributed by atoms with Crippen molar-refractivity contribution in [1.82, 2.24) is 4.98 Å². The summed E-state index contributed by atoms with van der Waals surface area (Å²) in [4.78, 5) is 4.28. The van der Waals surface area contributed by atoms with E-state index in [1.807, 2.05) is 12.1 Å². The van der Waals surface area contributed by atoms with Gasteiger partial charge in [0.05, 0.1) is 11.2 Å². The lowest BCUT2D eigenvalue weighted by Crippen LogP contribution is -1.97. The highest BCUT2D eigenvalue weighted by atomic mass is 14.7. The Kier molecular flexibility index (Phi) is 2.58. The fourth-order valence-corrected chi connectivity index (χ4v) is 1.87. The number of hydrogen-bond acceptors (Lipinski definition) is 2. The number of anilines is 1. The van der Waals surface area contributed by atoms with Crippen LogP contribution in [-0.4, -0.2) is 4.98 Å². The Morgan fingerprint density at radius 3 is 2.87 bits per heavy atom. The highest BCUT2D eigenvalue weighted by Crippen LogP contribution is 2.22. The van der Waals surface area contributed by atoms with Crippen LogP contribution in [0.25, 0.3) is 10.9 Å². The summed E-state index contributed by atoms with van der Waals surface area (Å²) < 4.78 is 0. The molecule has 2 N–H and O–H groups in total.